The number of ether oxygens (including phenoxy) is 1. The Labute approximate surface area is 191 Å². The number of methoxy groups -OCH3 is 1. The quantitative estimate of drug-likeness (QED) is 0.452. The summed E-state index contributed by atoms with van der Waals surface area (Å²) in [6.07, 6.45) is -0.942. The molecule has 0 aromatic heterocycles. The first-order valence-corrected chi connectivity index (χ1v) is 10.6. The highest BCUT2D eigenvalue weighted by molar-refractivity contribution is 6.23. The van der Waals surface area contributed by atoms with Gasteiger partial charge in [-0.05, 0) is 48.4 Å². The number of esters is 1. The van der Waals surface area contributed by atoms with Gasteiger partial charge in [0.25, 0.3) is 5.91 Å². The second-order valence-electron chi connectivity index (χ2n) is 8.07. The summed E-state index contributed by atoms with van der Waals surface area (Å²) >= 11 is 0. The Kier molecular flexibility index (Phi) is 5.18. The van der Waals surface area contributed by atoms with Crippen LogP contribution in [0.4, 0.5) is 11.4 Å². The molecule has 0 saturated carbocycles. The maximum absolute atomic E-state index is 13.6. The van der Waals surface area contributed by atoms with Crippen molar-refractivity contribution < 1.29 is 24.0 Å². The second kappa shape index (κ2) is 8.18. The number of fused-ring (bicyclic) bond motifs is 1. The summed E-state index contributed by atoms with van der Waals surface area (Å²) in [5.41, 5.74) is 3.41. The molecule has 0 radical (unpaired) electrons. The van der Waals surface area contributed by atoms with Crippen LogP contribution in [0.5, 0.6) is 0 Å². The summed E-state index contributed by atoms with van der Waals surface area (Å²) < 4.78 is 4.79. The predicted octanol–water partition coefficient (Wildman–Crippen LogP) is 3.83. The van der Waals surface area contributed by atoms with Crippen molar-refractivity contribution in [2.24, 2.45) is 5.92 Å². The van der Waals surface area contributed by atoms with Crippen LogP contribution in [-0.2, 0) is 19.2 Å². The first-order valence-electron chi connectivity index (χ1n) is 10.6. The van der Waals surface area contributed by atoms with Gasteiger partial charge in [-0.2, -0.15) is 0 Å². The van der Waals surface area contributed by atoms with Crippen LogP contribution in [0.3, 0.4) is 0 Å². The lowest BCUT2D eigenvalue weighted by atomic mass is 9.90. The third-order valence-corrected chi connectivity index (χ3v) is 6.16. The van der Waals surface area contributed by atoms with Crippen molar-refractivity contribution in [2.75, 3.05) is 17.1 Å². The van der Waals surface area contributed by atoms with E-state index < -0.39 is 24.0 Å². The molecule has 2 aliphatic heterocycles. The van der Waals surface area contributed by atoms with Crippen LogP contribution in [0.2, 0.25) is 0 Å². The molecule has 0 bridgehead atoms. The number of para-hydroxylation sites is 2. The van der Waals surface area contributed by atoms with Gasteiger partial charge < -0.3 is 4.74 Å². The molecule has 0 aliphatic carbocycles. The van der Waals surface area contributed by atoms with Crippen molar-refractivity contribution in [2.45, 2.75) is 19.1 Å². The van der Waals surface area contributed by atoms with Gasteiger partial charge in [0.15, 0.2) is 6.10 Å². The number of carbonyl (C=O) groups excluding carboxylic acids is 3. The zero-order valence-corrected chi connectivity index (χ0v) is 18.2. The van der Waals surface area contributed by atoms with Gasteiger partial charge in [0.2, 0.25) is 5.91 Å². The normalized spacial score (nSPS) is 21.9. The molecule has 3 aromatic rings. The summed E-state index contributed by atoms with van der Waals surface area (Å²) in [5, 5.41) is 1.66. The van der Waals surface area contributed by atoms with Crippen molar-refractivity contribution in [1.82, 2.24) is 0 Å². The molecular weight excluding hydrogens is 420 g/mol. The third-order valence-electron chi connectivity index (χ3n) is 6.16. The fourth-order valence-corrected chi connectivity index (χ4v) is 4.54. The molecular formula is C26H22N2O5. The number of anilines is 2. The first-order chi connectivity index (χ1) is 16.0. The van der Waals surface area contributed by atoms with Gasteiger partial charge >= 0.3 is 5.97 Å². The maximum Gasteiger partial charge on any atom is 0.337 e. The lowest BCUT2D eigenvalue weighted by Gasteiger charge is -2.29. The molecule has 2 aliphatic rings. The molecule has 0 unspecified atom stereocenters. The SMILES string of the molecule is COC(=O)c1ccc([C@@H]2[C@@H]3C(=O)N(c4ccccc4)C(=O)[C@@H]3ON2c2ccccc2C)cc1. The molecule has 166 valence electrons. The van der Waals surface area contributed by atoms with Crippen LogP contribution in [0, 0.1) is 12.8 Å². The van der Waals surface area contributed by atoms with E-state index in [1.165, 1.54) is 12.0 Å². The molecule has 7 nitrogen and oxygen atoms in total. The molecule has 2 amide bonds. The molecule has 2 heterocycles. The van der Waals surface area contributed by atoms with Crippen LogP contribution in [0.25, 0.3) is 0 Å². The highest BCUT2D eigenvalue weighted by atomic mass is 16.7. The van der Waals surface area contributed by atoms with Crippen molar-refractivity contribution in [3.8, 4) is 0 Å². The van der Waals surface area contributed by atoms with Crippen LogP contribution in [-0.4, -0.2) is 31.0 Å². The molecule has 3 atom stereocenters. The van der Waals surface area contributed by atoms with Crippen LogP contribution in [0.15, 0.2) is 78.9 Å². The zero-order valence-electron chi connectivity index (χ0n) is 18.2. The van der Waals surface area contributed by atoms with E-state index in [4.69, 9.17) is 9.57 Å². The number of hydrogen-bond acceptors (Lipinski definition) is 6. The number of amides is 2. The van der Waals surface area contributed by atoms with Crippen molar-refractivity contribution >= 4 is 29.2 Å². The van der Waals surface area contributed by atoms with Crippen molar-refractivity contribution in [3.63, 3.8) is 0 Å². The number of rotatable bonds is 4. The zero-order chi connectivity index (χ0) is 23.1. The minimum Gasteiger partial charge on any atom is -0.465 e. The van der Waals surface area contributed by atoms with E-state index >= 15 is 0 Å². The van der Waals surface area contributed by atoms with Gasteiger partial charge in [0, 0.05) is 0 Å². The Morgan fingerprint density at radius 3 is 2.21 bits per heavy atom. The Balaban J connectivity index is 1.59. The average molecular weight is 442 g/mol. The van der Waals surface area contributed by atoms with E-state index in [0.29, 0.717) is 11.3 Å². The number of carbonyl (C=O) groups is 3. The van der Waals surface area contributed by atoms with E-state index in [0.717, 1.165) is 16.8 Å². The summed E-state index contributed by atoms with van der Waals surface area (Å²) in [5.74, 6) is -1.88. The topological polar surface area (TPSA) is 76.2 Å². The lowest BCUT2D eigenvalue weighted by molar-refractivity contribution is -0.126. The molecule has 0 N–H and O–H groups in total. The van der Waals surface area contributed by atoms with Gasteiger partial charge in [-0.3, -0.25) is 14.4 Å². The summed E-state index contributed by atoms with van der Waals surface area (Å²) in [6.45, 7) is 1.95. The number of imide groups is 1. The first kappa shape index (κ1) is 20.9. The summed E-state index contributed by atoms with van der Waals surface area (Å²) in [6, 6.07) is 22.8. The number of nitrogens with zero attached hydrogens (tertiary/aromatic N) is 2. The highest BCUT2D eigenvalue weighted by Crippen LogP contribution is 2.48. The largest absolute Gasteiger partial charge is 0.465 e. The number of benzene rings is 3. The summed E-state index contributed by atoms with van der Waals surface area (Å²) in [4.78, 5) is 46.2. The average Bonchev–Trinajstić information content (AvgIpc) is 3.35. The molecule has 7 heteroatoms. The number of hydroxylamine groups is 1. The number of hydrogen-bond donors (Lipinski definition) is 0. The van der Waals surface area contributed by atoms with E-state index in [1.54, 1.807) is 53.6 Å². The molecule has 33 heavy (non-hydrogen) atoms. The van der Waals surface area contributed by atoms with E-state index in [2.05, 4.69) is 0 Å². The minimum atomic E-state index is -0.942. The molecule has 2 saturated heterocycles. The summed E-state index contributed by atoms with van der Waals surface area (Å²) in [7, 11) is 1.33. The minimum absolute atomic E-state index is 0.311. The molecule has 0 spiro atoms. The van der Waals surface area contributed by atoms with Gasteiger partial charge in [0.05, 0.1) is 30.1 Å². The van der Waals surface area contributed by atoms with E-state index in [9.17, 15) is 14.4 Å². The monoisotopic (exact) mass is 442 g/mol. The fraction of sp³-hybridized carbons (Fsp3) is 0.192. The molecule has 2 fully saturated rings. The van der Waals surface area contributed by atoms with Gasteiger partial charge in [-0.15, -0.1) is 0 Å². The van der Waals surface area contributed by atoms with E-state index in [-0.39, 0.29) is 11.8 Å². The maximum atomic E-state index is 13.6. The van der Waals surface area contributed by atoms with Crippen LogP contribution < -0.4 is 9.96 Å². The lowest BCUT2D eigenvalue weighted by Crippen LogP contribution is -2.37. The standard InChI is InChI=1S/C26H22N2O5/c1-16-8-6-7-11-20(16)28-22(17-12-14-18(15-13-17)26(31)32-2)21-23(33-28)25(30)27(24(21)29)19-9-4-3-5-10-19/h3-15,21-23H,1-2H3/t21-,22+,23+/m0/s1. The molecule has 3 aromatic carbocycles. The predicted molar refractivity (Wildman–Crippen MR) is 121 cm³/mol. The van der Waals surface area contributed by atoms with Crippen LogP contribution >= 0.6 is 0 Å². The van der Waals surface area contributed by atoms with Crippen LogP contribution in [0.1, 0.15) is 27.5 Å². The van der Waals surface area contributed by atoms with Gasteiger partial charge in [-0.25, -0.2) is 14.8 Å². The number of aryl methyl sites for hydroxylation is 1. The Bertz CT molecular complexity index is 1220. The Morgan fingerprint density at radius 2 is 1.55 bits per heavy atom. The molecule has 5 rings (SSSR count). The van der Waals surface area contributed by atoms with Gasteiger partial charge in [-0.1, -0.05) is 48.5 Å². The van der Waals surface area contributed by atoms with Gasteiger partial charge in [0.1, 0.15) is 5.92 Å². The van der Waals surface area contributed by atoms with E-state index in [1.807, 2.05) is 37.3 Å². The van der Waals surface area contributed by atoms with Crippen molar-refractivity contribution in [1.29, 1.82) is 0 Å². The Morgan fingerprint density at radius 1 is 0.879 bits per heavy atom. The Hall–Kier alpha value is -3.97. The third kappa shape index (κ3) is 3.37. The van der Waals surface area contributed by atoms with Crippen molar-refractivity contribution in [3.05, 3.63) is 95.6 Å². The smallest absolute Gasteiger partial charge is 0.337 e. The second-order valence-corrected chi connectivity index (χ2v) is 8.07. The fourth-order valence-electron chi connectivity index (χ4n) is 4.54. The highest BCUT2D eigenvalue weighted by Gasteiger charge is 2.60.